The molecule has 19 heavy (non-hydrogen) atoms. The van der Waals surface area contributed by atoms with E-state index in [1.807, 2.05) is 11.0 Å². The van der Waals surface area contributed by atoms with Gasteiger partial charge in [-0.15, -0.1) is 0 Å². The first kappa shape index (κ1) is 12.0. The minimum Gasteiger partial charge on any atom is -0.389 e. The van der Waals surface area contributed by atoms with Crippen molar-refractivity contribution >= 4 is 28.6 Å². The molecule has 2 N–H and O–H groups in total. The fraction of sp³-hybridized carbons (Fsp3) is 0.143. The summed E-state index contributed by atoms with van der Waals surface area (Å²) in [6.07, 6.45) is 4.25. The highest BCUT2D eigenvalue weighted by molar-refractivity contribution is 7.80. The molecule has 3 nitrogen and oxygen atoms in total. The molecule has 1 aliphatic rings. The summed E-state index contributed by atoms with van der Waals surface area (Å²) in [5, 5.41) is 0. The van der Waals surface area contributed by atoms with Gasteiger partial charge >= 0.3 is 0 Å². The fourth-order valence-electron chi connectivity index (χ4n) is 2.41. The van der Waals surface area contributed by atoms with Crippen LogP contribution < -0.4 is 10.6 Å². The fourth-order valence-corrected chi connectivity index (χ4v) is 2.58. The average molecular weight is 273 g/mol. The zero-order chi connectivity index (χ0) is 13.4. The van der Waals surface area contributed by atoms with Crippen LogP contribution >= 0.6 is 12.2 Å². The lowest BCUT2D eigenvalue weighted by atomic mass is 10.1. The summed E-state index contributed by atoms with van der Waals surface area (Å²) in [5.74, 6) is -0.244. The summed E-state index contributed by atoms with van der Waals surface area (Å²) in [7, 11) is 0. The maximum atomic E-state index is 13.4. The average Bonchev–Trinajstić information content (AvgIpc) is 2.81. The lowest BCUT2D eigenvalue weighted by molar-refractivity contribution is 0.628. The Kier molecular flexibility index (Phi) is 2.91. The van der Waals surface area contributed by atoms with Crippen molar-refractivity contribution in [3.8, 4) is 0 Å². The van der Waals surface area contributed by atoms with E-state index in [0.717, 1.165) is 35.5 Å². The number of anilines is 2. The van der Waals surface area contributed by atoms with E-state index >= 15 is 0 Å². The van der Waals surface area contributed by atoms with Crippen molar-refractivity contribution in [2.75, 3.05) is 11.4 Å². The molecule has 2 aromatic rings. The Morgan fingerprint density at radius 2 is 2.16 bits per heavy atom. The summed E-state index contributed by atoms with van der Waals surface area (Å²) in [5.41, 5.74) is 9.32. The van der Waals surface area contributed by atoms with E-state index in [2.05, 4.69) is 4.98 Å². The number of thiocarbonyl (C=S) groups is 1. The number of rotatable bonds is 2. The van der Waals surface area contributed by atoms with Gasteiger partial charge in [0.2, 0.25) is 0 Å². The van der Waals surface area contributed by atoms with E-state index in [1.165, 1.54) is 6.07 Å². The molecule has 0 spiro atoms. The summed E-state index contributed by atoms with van der Waals surface area (Å²) < 4.78 is 13.4. The van der Waals surface area contributed by atoms with Crippen molar-refractivity contribution in [1.82, 2.24) is 4.98 Å². The van der Waals surface area contributed by atoms with Crippen LogP contribution in [0, 0.1) is 5.82 Å². The first-order valence-corrected chi connectivity index (χ1v) is 6.37. The van der Waals surface area contributed by atoms with E-state index in [1.54, 1.807) is 24.5 Å². The largest absolute Gasteiger partial charge is 0.389 e. The van der Waals surface area contributed by atoms with Crippen LogP contribution in [-0.2, 0) is 6.42 Å². The van der Waals surface area contributed by atoms with Gasteiger partial charge in [0.15, 0.2) is 0 Å². The Morgan fingerprint density at radius 3 is 2.95 bits per heavy atom. The second-order valence-electron chi connectivity index (χ2n) is 4.43. The van der Waals surface area contributed by atoms with Crippen LogP contribution in [0.5, 0.6) is 0 Å². The minimum absolute atomic E-state index is 0.244. The van der Waals surface area contributed by atoms with Gasteiger partial charge in [-0.25, -0.2) is 4.39 Å². The van der Waals surface area contributed by atoms with Gasteiger partial charge < -0.3 is 10.6 Å². The van der Waals surface area contributed by atoms with E-state index < -0.39 is 0 Å². The number of hydrogen-bond donors (Lipinski definition) is 1. The highest BCUT2D eigenvalue weighted by atomic mass is 32.1. The van der Waals surface area contributed by atoms with Crippen molar-refractivity contribution < 1.29 is 4.39 Å². The van der Waals surface area contributed by atoms with E-state index in [0.29, 0.717) is 4.99 Å². The predicted octanol–water partition coefficient (Wildman–Crippen LogP) is 2.55. The molecule has 0 saturated carbocycles. The predicted molar refractivity (Wildman–Crippen MR) is 77.2 cm³/mol. The zero-order valence-electron chi connectivity index (χ0n) is 10.1. The van der Waals surface area contributed by atoms with E-state index in [4.69, 9.17) is 18.0 Å². The maximum Gasteiger partial charge on any atom is 0.125 e. The molecule has 0 fully saturated rings. The molecule has 3 rings (SSSR count). The molecule has 0 atom stereocenters. The normalized spacial score (nSPS) is 13.4. The third kappa shape index (κ3) is 2.06. The van der Waals surface area contributed by atoms with Gasteiger partial charge in [-0.05, 0) is 30.2 Å². The van der Waals surface area contributed by atoms with Crippen molar-refractivity contribution in [1.29, 1.82) is 0 Å². The van der Waals surface area contributed by atoms with Crippen molar-refractivity contribution in [2.24, 2.45) is 5.73 Å². The number of pyridine rings is 1. The van der Waals surface area contributed by atoms with Gasteiger partial charge in [-0.1, -0.05) is 18.3 Å². The van der Waals surface area contributed by atoms with Crippen molar-refractivity contribution in [3.63, 3.8) is 0 Å². The molecule has 0 saturated heterocycles. The summed E-state index contributed by atoms with van der Waals surface area (Å²) in [6, 6.07) is 6.63. The van der Waals surface area contributed by atoms with Crippen LogP contribution in [0.15, 0.2) is 36.7 Å². The number of hydrogen-bond acceptors (Lipinski definition) is 3. The van der Waals surface area contributed by atoms with E-state index in [-0.39, 0.29) is 5.82 Å². The number of aromatic nitrogens is 1. The zero-order valence-corrected chi connectivity index (χ0v) is 11.0. The number of halogens is 1. The van der Waals surface area contributed by atoms with Crippen molar-refractivity contribution in [3.05, 3.63) is 53.6 Å². The van der Waals surface area contributed by atoms with Crippen LogP contribution in [0.1, 0.15) is 11.1 Å². The maximum absolute atomic E-state index is 13.4. The van der Waals surface area contributed by atoms with Crippen molar-refractivity contribution in [2.45, 2.75) is 6.42 Å². The first-order valence-electron chi connectivity index (χ1n) is 5.96. The summed E-state index contributed by atoms with van der Waals surface area (Å²) >= 11 is 5.06. The van der Waals surface area contributed by atoms with E-state index in [9.17, 15) is 4.39 Å². The van der Waals surface area contributed by atoms with Crippen LogP contribution in [0.2, 0.25) is 0 Å². The second kappa shape index (κ2) is 4.59. The minimum atomic E-state index is -0.244. The van der Waals surface area contributed by atoms with Crippen LogP contribution in [0.25, 0.3) is 0 Å². The van der Waals surface area contributed by atoms with Crippen LogP contribution in [0.3, 0.4) is 0 Å². The van der Waals surface area contributed by atoms with Crippen LogP contribution in [0.4, 0.5) is 15.8 Å². The topological polar surface area (TPSA) is 42.1 Å². The Hall–Kier alpha value is -2.01. The molecule has 2 heterocycles. The summed E-state index contributed by atoms with van der Waals surface area (Å²) in [6.45, 7) is 0.778. The third-order valence-corrected chi connectivity index (χ3v) is 3.52. The standard InChI is InChI=1S/C14H12FN3S/c15-10-2-1-9-4-6-18(12(9)7-10)13-8-17-5-3-11(13)14(16)19/h1-3,5,7-8H,4,6H2,(H2,16,19). The molecule has 1 aromatic carbocycles. The molecule has 0 bridgehead atoms. The highest BCUT2D eigenvalue weighted by Crippen LogP contribution is 2.36. The Labute approximate surface area is 115 Å². The smallest absolute Gasteiger partial charge is 0.125 e. The lowest BCUT2D eigenvalue weighted by Gasteiger charge is -2.21. The van der Waals surface area contributed by atoms with Gasteiger partial charge in [0.25, 0.3) is 0 Å². The Morgan fingerprint density at radius 1 is 1.32 bits per heavy atom. The Balaban J connectivity index is 2.11. The molecule has 1 aliphatic heterocycles. The van der Waals surface area contributed by atoms with Gasteiger partial charge in [-0.3, -0.25) is 4.98 Å². The number of nitrogens with two attached hydrogens (primary N) is 1. The molecule has 5 heteroatoms. The molecular weight excluding hydrogens is 261 g/mol. The number of benzene rings is 1. The molecule has 96 valence electrons. The monoisotopic (exact) mass is 273 g/mol. The molecule has 1 aromatic heterocycles. The molecule has 0 aliphatic carbocycles. The third-order valence-electron chi connectivity index (χ3n) is 3.30. The highest BCUT2D eigenvalue weighted by Gasteiger charge is 2.23. The number of fused-ring (bicyclic) bond motifs is 1. The second-order valence-corrected chi connectivity index (χ2v) is 4.87. The lowest BCUT2D eigenvalue weighted by Crippen LogP contribution is -2.20. The van der Waals surface area contributed by atoms with Gasteiger partial charge in [0.05, 0.1) is 11.9 Å². The number of nitrogens with zero attached hydrogens (tertiary/aromatic N) is 2. The van der Waals surface area contributed by atoms with Gasteiger partial charge in [0, 0.05) is 24.0 Å². The van der Waals surface area contributed by atoms with Gasteiger partial charge in [0.1, 0.15) is 10.8 Å². The van der Waals surface area contributed by atoms with Gasteiger partial charge in [-0.2, -0.15) is 0 Å². The molecule has 0 unspecified atom stereocenters. The Bertz CT molecular complexity index is 657. The summed E-state index contributed by atoms with van der Waals surface area (Å²) in [4.78, 5) is 6.45. The first-order chi connectivity index (χ1) is 9.16. The molecule has 0 amide bonds. The SMILES string of the molecule is NC(=S)c1ccncc1N1CCc2ccc(F)cc21. The van der Waals surface area contributed by atoms with Crippen LogP contribution in [-0.4, -0.2) is 16.5 Å². The molecular formula is C14H12FN3S. The molecule has 0 radical (unpaired) electrons. The quantitative estimate of drug-likeness (QED) is 0.854.